The Labute approximate surface area is 178 Å². The summed E-state index contributed by atoms with van der Waals surface area (Å²) in [6.45, 7) is 1.88. The number of aliphatic imine (C=N–C) groups is 1. The SMILES string of the molecule is COc1ccc2c(c1)C(=O)N(C[C@@]1(c3ccc(C4=NCCN4)cc3)NC(=O)NC1=O)C2. The van der Waals surface area contributed by atoms with Crippen LogP contribution in [0.3, 0.4) is 0 Å². The Balaban J connectivity index is 1.47. The number of fused-ring (bicyclic) bond motifs is 1. The minimum atomic E-state index is -1.37. The van der Waals surface area contributed by atoms with E-state index in [1.807, 2.05) is 18.2 Å². The van der Waals surface area contributed by atoms with Crippen LogP contribution in [0.15, 0.2) is 47.5 Å². The summed E-state index contributed by atoms with van der Waals surface area (Å²) in [6.07, 6.45) is 0. The van der Waals surface area contributed by atoms with E-state index >= 15 is 0 Å². The molecule has 31 heavy (non-hydrogen) atoms. The predicted octanol–water partition coefficient (Wildman–Crippen LogP) is 0.736. The van der Waals surface area contributed by atoms with Gasteiger partial charge in [-0.15, -0.1) is 0 Å². The van der Waals surface area contributed by atoms with Gasteiger partial charge in [0.15, 0.2) is 5.54 Å². The van der Waals surface area contributed by atoms with Crippen molar-refractivity contribution in [3.63, 3.8) is 0 Å². The second-order valence-electron chi connectivity index (χ2n) is 7.73. The van der Waals surface area contributed by atoms with Crippen molar-refractivity contribution in [1.82, 2.24) is 20.9 Å². The van der Waals surface area contributed by atoms with Crippen LogP contribution in [-0.2, 0) is 16.9 Å². The van der Waals surface area contributed by atoms with Crippen molar-refractivity contribution in [2.75, 3.05) is 26.7 Å². The third-order valence-corrected chi connectivity index (χ3v) is 5.89. The number of amidine groups is 1. The minimum absolute atomic E-state index is 0.0128. The zero-order valence-corrected chi connectivity index (χ0v) is 16.9. The average Bonchev–Trinajstić information content (AvgIpc) is 3.48. The molecule has 5 rings (SSSR count). The molecule has 3 aliphatic heterocycles. The van der Waals surface area contributed by atoms with Crippen molar-refractivity contribution in [2.24, 2.45) is 4.99 Å². The molecule has 0 aliphatic carbocycles. The molecule has 3 heterocycles. The summed E-state index contributed by atoms with van der Waals surface area (Å²) in [5.74, 6) is 0.709. The number of nitrogens with zero attached hydrogens (tertiary/aromatic N) is 2. The average molecular weight is 419 g/mol. The van der Waals surface area contributed by atoms with E-state index in [4.69, 9.17) is 4.74 Å². The van der Waals surface area contributed by atoms with E-state index < -0.39 is 17.5 Å². The fraction of sp³-hybridized carbons (Fsp3) is 0.273. The first-order valence-electron chi connectivity index (χ1n) is 9.99. The highest BCUT2D eigenvalue weighted by Crippen LogP contribution is 2.32. The zero-order valence-electron chi connectivity index (χ0n) is 16.9. The van der Waals surface area contributed by atoms with Crippen molar-refractivity contribution < 1.29 is 19.1 Å². The summed E-state index contributed by atoms with van der Waals surface area (Å²) in [7, 11) is 1.54. The van der Waals surface area contributed by atoms with Crippen LogP contribution in [-0.4, -0.2) is 55.3 Å². The van der Waals surface area contributed by atoms with Gasteiger partial charge < -0.3 is 20.3 Å². The first-order chi connectivity index (χ1) is 15.0. The van der Waals surface area contributed by atoms with Crippen molar-refractivity contribution >= 4 is 23.7 Å². The Bertz CT molecular complexity index is 1130. The van der Waals surface area contributed by atoms with Crippen LogP contribution in [0.2, 0.25) is 0 Å². The van der Waals surface area contributed by atoms with Crippen LogP contribution >= 0.6 is 0 Å². The van der Waals surface area contributed by atoms with Crippen LogP contribution in [0.4, 0.5) is 4.79 Å². The quantitative estimate of drug-likeness (QED) is 0.619. The van der Waals surface area contributed by atoms with Gasteiger partial charge in [-0.05, 0) is 23.3 Å². The minimum Gasteiger partial charge on any atom is -0.497 e. The van der Waals surface area contributed by atoms with Crippen LogP contribution < -0.4 is 20.7 Å². The van der Waals surface area contributed by atoms with Crippen LogP contribution in [0.5, 0.6) is 5.75 Å². The molecule has 3 N–H and O–H groups in total. The number of benzene rings is 2. The summed E-state index contributed by atoms with van der Waals surface area (Å²) in [6, 6.07) is 12.1. The molecule has 9 heteroatoms. The smallest absolute Gasteiger partial charge is 0.322 e. The summed E-state index contributed by atoms with van der Waals surface area (Å²) in [5, 5.41) is 8.29. The number of methoxy groups -OCH3 is 1. The van der Waals surface area contributed by atoms with Gasteiger partial charge in [0.05, 0.1) is 20.2 Å². The van der Waals surface area contributed by atoms with E-state index in [2.05, 4.69) is 20.9 Å². The molecular weight excluding hydrogens is 398 g/mol. The fourth-order valence-electron chi connectivity index (χ4n) is 4.28. The highest BCUT2D eigenvalue weighted by atomic mass is 16.5. The molecule has 3 aliphatic rings. The van der Waals surface area contributed by atoms with Crippen LogP contribution in [0.1, 0.15) is 27.0 Å². The second kappa shape index (κ2) is 7.12. The number of nitrogens with one attached hydrogen (secondary N) is 3. The number of ether oxygens (including phenoxy) is 1. The molecule has 2 aromatic carbocycles. The summed E-state index contributed by atoms with van der Waals surface area (Å²) in [4.78, 5) is 44.0. The molecule has 1 atom stereocenters. The van der Waals surface area contributed by atoms with Gasteiger partial charge >= 0.3 is 6.03 Å². The molecule has 4 amide bonds. The normalized spacial score (nSPS) is 22.0. The highest BCUT2D eigenvalue weighted by Gasteiger charge is 2.50. The van der Waals surface area contributed by atoms with Gasteiger partial charge in [0, 0.05) is 24.2 Å². The molecule has 0 bridgehead atoms. The molecule has 2 aromatic rings. The lowest BCUT2D eigenvalue weighted by molar-refractivity contribution is -0.124. The second-order valence-corrected chi connectivity index (χ2v) is 7.73. The van der Waals surface area contributed by atoms with Crippen LogP contribution in [0.25, 0.3) is 0 Å². The lowest BCUT2D eigenvalue weighted by Crippen LogP contribution is -2.52. The van der Waals surface area contributed by atoms with Gasteiger partial charge in [0.25, 0.3) is 11.8 Å². The molecule has 9 nitrogen and oxygen atoms in total. The number of carbonyl (C=O) groups excluding carboxylic acids is 3. The number of hydrogen-bond acceptors (Lipinski definition) is 6. The molecule has 0 saturated carbocycles. The van der Waals surface area contributed by atoms with Gasteiger partial charge in [-0.1, -0.05) is 30.3 Å². The number of urea groups is 1. The lowest BCUT2D eigenvalue weighted by atomic mass is 9.88. The molecule has 158 valence electrons. The largest absolute Gasteiger partial charge is 0.497 e. The Morgan fingerprint density at radius 3 is 2.58 bits per heavy atom. The Morgan fingerprint density at radius 1 is 1.13 bits per heavy atom. The lowest BCUT2D eigenvalue weighted by Gasteiger charge is -2.31. The van der Waals surface area contributed by atoms with E-state index in [0.29, 0.717) is 23.4 Å². The van der Waals surface area contributed by atoms with Gasteiger partial charge in [0.2, 0.25) is 0 Å². The highest BCUT2D eigenvalue weighted by molar-refractivity contribution is 6.08. The first kappa shape index (κ1) is 19.1. The molecular formula is C22H21N5O4. The van der Waals surface area contributed by atoms with E-state index in [0.717, 1.165) is 30.1 Å². The van der Waals surface area contributed by atoms with E-state index in [-0.39, 0.29) is 12.5 Å². The third-order valence-electron chi connectivity index (χ3n) is 5.89. The van der Waals surface area contributed by atoms with Gasteiger partial charge in [-0.2, -0.15) is 0 Å². The first-order valence-corrected chi connectivity index (χ1v) is 9.99. The summed E-state index contributed by atoms with van der Waals surface area (Å²) < 4.78 is 5.22. The van der Waals surface area contributed by atoms with Crippen molar-refractivity contribution in [3.05, 3.63) is 64.7 Å². The van der Waals surface area contributed by atoms with Gasteiger partial charge in [0.1, 0.15) is 11.6 Å². The van der Waals surface area contributed by atoms with E-state index in [1.54, 1.807) is 36.3 Å². The molecule has 1 saturated heterocycles. The van der Waals surface area contributed by atoms with E-state index in [1.165, 1.54) is 0 Å². The third kappa shape index (κ3) is 3.09. The van der Waals surface area contributed by atoms with Crippen molar-refractivity contribution in [3.8, 4) is 5.75 Å². The maximum absolute atomic E-state index is 13.0. The number of hydrogen-bond donors (Lipinski definition) is 3. The topological polar surface area (TPSA) is 112 Å². The Morgan fingerprint density at radius 2 is 1.94 bits per heavy atom. The Hall–Kier alpha value is -3.88. The zero-order chi connectivity index (χ0) is 21.6. The molecule has 0 aromatic heterocycles. The summed E-state index contributed by atoms with van der Waals surface area (Å²) in [5.41, 5.74) is 1.52. The predicted molar refractivity (Wildman–Crippen MR) is 112 cm³/mol. The summed E-state index contributed by atoms with van der Waals surface area (Å²) >= 11 is 0. The number of imide groups is 1. The van der Waals surface area contributed by atoms with Crippen molar-refractivity contribution in [2.45, 2.75) is 12.1 Å². The fourth-order valence-corrected chi connectivity index (χ4v) is 4.28. The standard InChI is InChI=1S/C22H21N5O4/c1-31-16-7-4-14-11-27(19(28)17(14)10-16)12-22(20(29)25-21(30)26-22)15-5-2-13(3-6-15)18-23-8-9-24-18/h2-7,10H,8-9,11-12H2,1H3,(H,23,24)(H2,25,26,29,30)/t22-/m0/s1. The van der Waals surface area contributed by atoms with E-state index in [9.17, 15) is 14.4 Å². The maximum atomic E-state index is 13.0. The molecule has 0 unspecified atom stereocenters. The van der Waals surface area contributed by atoms with Gasteiger partial charge in [-0.25, -0.2) is 4.79 Å². The van der Waals surface area contributed by atoms with Gasteiger partial charge in [-0.3, -0.25) is 19.9 Å². The maximum Gasteiger partial charge on any atom is 0.322 e. The Kier molecular flexibility index (Phi) is 4.39. The molecule has 1 fully saturated rings. The number of amides is 4. The number of rotatable bonds is 5. The van der Waals surface area contributed by atoms with Crippen LogP contribution in [0, 0.1) is 0 Å². The molecule has 0 spiro atoms. The molecule has 0 radical (unpaired) electrons. The van der Waals surface area contributed by atoms with Crippen molar-refractivity contribution in [1.29, 1.82) is 0 Å². The number of carbonyl (C=O) groups is 3. The monoisotopic (exact) mass is 419 g/mol.